The molecule has 0 saturated heterocycles. The maximum atomic E-state index is 6.27. The predicted molar refractivity (Wildman–Crippen MR) is 112 cm³/mol. The van der Waals surface area contributed by atoms with Crippen LogP contribution in [0.2, 0.25) is 0 Å². The highest BCUT2D eigenvalue weighted by molar-refractivity contribution is 7.13. The molecule has 0 aliphatic heterocycles. The van der Waals surface area contributed by atoms with Crippen molar-refractivity contribution in [1.29, 1.82) is 0 Å². The number of fused-ring (bicyclic) bond motifs is 1. The Bertz CT molecular complexity index is 703. The second-order valence-corrected chi connectivity index (χ2v) is 7.55. The number of benzene rings is 1. The second kappa shape index (κ2) is 11.2. The van der Waals surface area contributed by atoms with Gasteiger partial charge in [-0.1, -0.05) is 82.6 Å². The van der Waals surface area contributed by atoms with Crippen LogP contribution in [0.5, 0.6) is 0 Å². The van der Waals surface area contributed by atoms with Gasteiger partial charge in [0.25, 0.3) is 0 Å². The quantitative estimate of drug-likeness (QED) is 0.396. The van der Waals surface area contributed by atoms with Crippen molar-refractivity contribution < 1.29 is 4.42 Å². The molecule has 0 atom stereocenters. The van der Waals surface area contributed by atoms with Crippen LogP contribution in [-0.4, -0.2) is 3.96 Å². The van der Waals surface area contributed by atoms with E-state index < -0.39 is 0 Å². The molecule has 0 unspecified atom stereocenters. The third-order valence-electron chi connectivity index (χ3n) is 4.39. The summed E-state index contributed by atoms with van der Waals surface area (Å²) in [6, 6.07) is 8.38. The second-order valence-electron chi connectivity index (χ2n) is 6.48. The van der Waals surface area contributed by atoms with Gasteiger partial charge in [0.15, 0.2) is 0 Å². The van der Waals surface area contributed by atoms with Gasteiger partial charge in [-0.2, -0.15) is 0 Å². The zero-order chi connectivity index (χ0) is 17.9. The molecule has 1 aromatic carbocycles. The minimum Gasteiger partial charge on any atom is -0.458 e. The smallest absolute Gasteiger partial charge is 0.145 e. The molecule has 0 bridgehead atoms. The van der Waals surface area contributed by atoms with Crippen molar-refractivity contribution in [3.63, 3.8) is 0 Å². The lowest BCUT2D eigenvalue weighted by Crippen LogP contribution is -2.01. The average Bonchev–Trinajstić information content (AvgIpc) is 2.79. The van der Waals surface area contributed by atoms with Crippen LogP contribution in [0.3, 0.4) is 0 Å². The third-order valence-corrected chi connectivity index (χ3v) is 5.53. The molecular formula is C22H33NOS. The number of allylic oxidation sites excluding steroid dienone is 1. The Labute approximate surface area is 157 Å². The van der Waals surface area contributed by atoms with E-state index >= 15 is 0 Å². The van der Waals surface area contributed by atoms with E-state index in [0.717, 1.165) is 30.7 Å². The number of aromatic nitrogens is 1. The lowest BCUT2D eigenvalue weighted by molar-refractivity contribution is 0.529. The number of hydrogen-bond acceptors (Lipinski definition) is 2. The van der Waals surface area contributed by atoms with Gasteiger partial charge in [0, 0.05) is 13.0 Å². The van der Waals surface area contributed by atoms with E-state index in [9.17, 15) is 0 Å². The Balaban J connectivity index is 2.32. The van der Waals surface area contributed by atoms with Gasteiger partial charge in [-0.25, -0.2) is 0 Å². The molecule has 3 heteroatoms. The minimum atomic E-state index is 0.908. The summed E-state index contributed by atoms with van der Waals surface area (Å²) in [5.41, 5.74) is 2.22. The largest absolute Gasteiger partial charge is 0.458 e. The topological polar surface area (TPSA) is 18.1 Å². The zero-order valence-corrected chi connectivity index (χ0v) is 16.9. The minimum absolute atomic E-state index is 0.908. The molecule has 1 aromatic heterocycles. The van der Waals surface area contributed by atoms with Gasteiger partial charge in [-0.3, -0.25) is 3.96 Å². The van der Waals surface area contributed by atoms with E-state index in [0.29, 0.717) is 0 Å². The van der Waals surface area contributed by atoms with E-state index in [2.05, 4.69) is 61.1 Å². The van der Waals surface area contributed by atoms with Crippen molar-refractivity contribution >= 4 is 27.9 Å². The SMILES string of the molecule is CC/C=C\c1c(CC)oc2ccccc2sn1CCCCCCCC. The molecule has 2 rings (SSSR count). The summed E-state index contributed by atoms with van der Waals surface area (Å²) in [6.45, 7) is 7.70. The first-order valence-corrected chi connectivity index (χ1v) is 10.7. The van der Waals surface area contributed by atoms with Gasteiger partial charge < -0.3 is 4.42 Å². The summed E-state index contributed by atoms with van der Waals surface area (Å²) in [5, 5.41) is 0. The van der Waals surface area contributed by atoms with E-state index in [1.807, 2.05) is 11.5 Å². The highest BCUT2D eigenvalue weighted by Crippen LogP contribution is 2.24. The van der Waals surface area contributed by atoms with Crippen molar-refractivity contribution in [3.8, 4) is 0 Å². The Morgan fingerprint density at radius 1 is 1.00 bits per heavy atom. The van der Waals surface area contributed by atoms with Gasteiger partial charge >= 0.3 is 0 Å². The van der Waals surface area contributed by atoms with Crippen molar-refractivity contribution in [3.05, 3.63) is 41.8 Å². The molecule has 0 fully saturated rings. The van der Waals surface area contributed by atoms with Crippen LogP contribution < -0.4 is 0 Å². The number of para-hydroxylation sites is 1. The fraction of sp³-hybridized carbons (Fsp3) is 0.545. The monoisotopic (exact) mass is 359 g/mol. The molecule has 25 heavy (non-hydrogen) atoms. The van der Waals surface area contributed by atoms with Crippen LogP contribution in [-0.2, 0) is 13.0 Å². The van der Waals surface area contributed by atoms with E-state index in [1.165, 1.54) is 48.9 Å². The normalized spacial score (nSPS) is 11.5. The fourth-order valence-electron chi connectivity index (χ4n) is 2.96. The number of nitrogens with zero attached hydrogens (tertiary/aromatic N) is 1. The molecule has 138 valence electrons. The molecule has 0 spiro atoms. The molecular weight excluding hydrogens is 326 g/mol. The number of rotatable bonds is 10. The first-order valence-electron chi connectivity index (χ1n) is 9.92. The molecule has 0 amide bonds. The van der Waals surface area contributed by atoms with Gasteiger partial charge in [0.05, 0.1) is 10.4 Å². The highest BCUT2D eigenvalue weighted by Gasteiger charge is 2.08. The van der Waals surface area contributed by atoms with Gasteiger partial charge in [0.1, 0.15) is 11.3 Å². The number of hydrogen-bond donors (Lipinski definition) is 0. The van der Waals surface area contributed by atoms with Crippen molar-refractivity contribution in [2.45, 2.75) is 78.7 Å². The summed E-state index contributed by atoms with van der Waals surface area (Å²) in [7, 11) is 0. The first-order chi connectivity index (χ1) is 12.3. The lowest BCUT2D eigenvalue weighted by atomic mass is 10.1. The van der Waals surface area contributed by atoms with Gasteiger partial charge in [0.2, 0.25) is 0 Å². The third kappa shape index (κ3) is 6.07. The Hall–Kier alpha value is -1.48. The maximum absolute atomic E-state index is 6.27. The summed E-state index contributed by atoms with van der Waals surface area (Å²) in [5.74, 6) is 1.08. The molecule has 2 nitrogen and oxygen atoms in total. The molecule has 0 radical (unpaired) electrons. The molecule has 2 aromatic rings. The summed E-state index contributed by atoms with van der Waals surface area (Å²) < 4.78 is 9.92. The average molecular weight is 360 g/mol. The van der Waals surface area contributed by atoms with Gasteiger partial charge in [-0.15, -0.1) is 0 Å². The highest BCUT2D eigenvalue weighted by atomic mass is 32.1. The van der Waals surface area contributed by atoms with Crippen molar-refractivity contribution in [2.24, 2.45) is 0 Å². The van der Waals surface area contributed by atoms with E-state index in [4.69, 9.17) is 4.42 Å². The molecule has 0 aliphatic rings. The standard InChI is InChI=1S/C22H33NOS/c1-4-7-9-10-11-14-18-23-19(15-8-5-2)20(6-3)24-21-16-12-13-17-22(21)25-23/h8,12-13,15-17H,4-7,9-11,14,18H2,1-3H3/b15-8-. The fourth-order valence-corrected chi connectivity index (χ4v) is 4.02. The molecule has 0 saturated carbocycles. The number of aryl methyl sites for hydroxylation is 2. The van der Waals surface area contributed by atoms with Gasteiger partial charge in [-0.05, 0) is 31.1 Å². The first kappa shape index (κ1) is 19.8. The zero-order valence-electron chi connectivity index (χ0n) is 16.1. The number of unbranched alkanes of at least 4 members (excludes halogenated alkanes) is 5. The Morgan fingerprint density at radius 2 is 1.76 bits per heavy atom. The van der Waals surface area contributed by atoms with Crippen LogP contribution in [0.4, 0.5) is 0 Å². The van der Waals surface area contributed by atoms with Crippen molar-refractivity contribution in [2.75, 3.05) is 0 Å². The maximum Gasteiger partial charge on any atom is 0.145 e. The Kier molecular flexibility index (Phi) is 8.89. The van der Waals surface area contributed by atoms with Crippen LogP contribution in [0, 0.1) is 0 Å². The Morgan fingerprint density at radius 3 is 2.52 bits per heavy atom. The predicted octanol–water partition coefficient (Wildman–Crippen LogP) is 7.77. The lowest BCUT2D eigenvalue weighted by Gasteiger charge is -2.09. The molecule has 0 aliphatic carbocycles. The summed E-state index contributed by atoms with van der Waals surface area (Å²) in [6.07, 6.45) is 14.4. The summed E-state index contributed by atoms with van der Waals surface area (Å²) in [4.78, 5) is 0. The van der Waals surface area contributed by atoms with E-state index in [-0.39, 0.29) is 0 Å². The van der Waals surface area contributed by atoms with Crippen LogP contribution in [0.1, 0.15) is 77.2 Å². The molecule has 0 N–H and O–H groups in total. The summed E-state index contributed by atoms with van der Waals surface area (Å²) >= 11 is 1.82. The van der Waals surface area contributed by atoms with Crippen LogP contribution in [0.15, 0.2) is 34.8 Å². The van der Waals surface area contributed by atoms with E-state index in [1.54, 1.807) is 0 Å². The van der Waals surface area contributed by atoms with Crippen LogP contribution >= 0.6 is 11.5 Å². The van der Waals surface area contributed by atoms with Crippen LogP contribution in [0.25, 0.3) is 16.4 Å². The molecule has 1 heterocycles. The van der Waals surface area contributed by atoms with Crippen molar-refractivity contribution in [1.82, 2.24) is 3.96 Å².